The average molecular weight is 1270 g/mol. The van der Waals surface area contributed by atoms with Gasteiger partial charge < -0.3 is 0 Å². The molecule has 0 radical (unpaired) electrons. The first-order valence-electron chi connectivity index (χ1n) is 25.4. The topological polar surface area (TPSA) is 283 Å². The maximum Gasteiger partial charge on any atom is 1.00 e. The van der Waals surface area contributed by atoms with Crippen molar-refractivity contribution in [2.45, 2.75) is 0 Å². The first-order chi connectivity index (χ1) is 39.8. The Morgan fingerprint density at radius 1 is 0.190 bits per heavy atom. The molecule has 0 aromatic heterocycles. The fourth-order valence-electron chi connectivity index (χ4n) is 6.13. The quantitative estimate of drug-likeness (QED) is 0.0618. The average Bonchev–Trinajstić information content (AvgIpc) is 3.48. The summed E-state index contributed by atoms with van der Waals surface area (Å²) in [6, 6.07) is 80.8. The number of rotatable bonds is 20. The van der Waals surface area contributed by atoms with E-state index < -0.39 is 20.5 Å². The SMILES string of the molecule is C(=NCCN=Cc1ccccc1)c1ccccc1.C(=NCCN=Cc1ccccc1)c1ccccc1.C(=NCCN=Cc1ccccc1)c1ccccc1.C(=NCCN=Cc1ccccc1)c1ccccc1.[Cu+].[Cu+].[O-][Cl+3]([O-])([O-])[O-].[O-][Cl+3]([O-])([O-])[O-]. The van der Waals surface area contributed by atoms with Crippen LogP contribution >= 0.6 is 0 Å². The molecule has 0 amide bonds. The van der Waals surface area contributed by atoms with Crippen LogP contribution in [0.15, 0.2) is 283 Å². The predicted molar refractivity (Wildman–Crippen MR) is 311 cm³/mol. The van der Waals surface area contributed by atoms with Crippen LogP contribution in [0.5, 0.6) is 0 Å². The van der Waals surface area contributed by atoms with Crippen molar-refractivity contribution in [3.05, 3.63) is 287 Å². The minimum Gasteiger partial charge on any atom is -0.291 e. The molecule has 0 saturated heterocycles. The van der Waals surface area contributed by atoms with E-state index in [9.17, 15) is 0 Å². The van der Waals surface area contributed by atoms with Crippen LogP contribution in [0.1, 0.15) is 44.5 Å². The molecule has 84 heavy (non-hydrogen) atoms. The van der Waals surface area contributed by atoms with Gasteiger partial charge in [-0.05, 0) is 44.5 Å². The van der Waals surface area contributed by atoms with Crippen LogP contribution in [-0.2, 0) is 34.1 Å². The van der Waals surface area contributed by atoms with Gasteiger partial charge in [-0.3, -0.25) is 39.9 Å². The minimum atomic E-state index is -4.94. The van der Waals surface area contributed by atoms with E-state index in [4.69, 9.17) is 37.3 Å². The van der Waals surface area contributed by atoms with Crippen LogP contribution in [0.2, 0.25) is 0 Å². The van der Waals surface area contributed by atoms with E-state index >= 15 is 0 Å². The zero-order chi connectivity index (χ0) is 58.9. The molecular formula is C64H64Cl2Cu2N8O8. The molecular weight excluding hydrogens is 1210 g/mol. The van der Waals surface area contributed by atoms with E-state index in [1.54, 1.807) is 0 Å². The zero-order valence-corrected chi connectivity index (χ0v) is 49.0. The van der Waals surface area contributed by atoms with Gasteiger partial charge in [-0.1, -0.05) is 243 Å². The molecule has 0 atom stereocenters. The maximum absolute atomic E-state index is 8.49. The first kappa shape index (κ1) is 74.4. The first-order valence-corrected chi connectivity index (χ1v) is 27.9. The van der Waals surface area contributed by atoms with E-state index in [0.717, 1.165) is 96.9 Å². The molecule has 0 heterocycles. The van der Waals surface area contributed by atoms with Gasteiger partial charge in [0.2, 0.25) is 0 Å². The van der Waals surface area contributed by atoms with Crippen molar-refractivity contribution in [1.82, 2.24) is 0 Å². The van der Waals surface area contributed by atoms with Crippen LogP contribution in [-0.4, -0.2) is 102 Å². The Balaban J connectivity index is 0.000000526. The molecule has 0 aliphatic heterocycles. The van der Waals surface area contributed by atoms with Gasteiger partial charge in [-0.25, -0.2) is 37.3 Å². The van der Waals surface area contributed by atoms with Crippen molar-refractivity contribution in [2.24, 2.45) is 39.9 Å². The fraction of sp³-hybridized carbons (Fsp3) is 0.125. The second kappa shape index (κ2) is 48.9. The van der Waals surface area contributed by atoms with Crippen LogP contribution in [0.4, 0.5) is 0 Å². The Morgan fingerprint density at radius 3 is 0.357 bits per heavy atom. The molecule has 0 bridgehead atoms. The normalized spacial score (nSPS) is 11.1. The molecule has 16 nitrogen and oxygen atoms in total. The van der Waals surface area contributed by atoms with Crippen molar-refractivity contribution in [3.63, 3.8) is 0 Å². The van der Waals surface area contributed by atoms with Crippen LogP contribution < -0.4 is 37.3 Å². The number of nitrogens with zero attached hydrogens (tertiary/aromatic N) is 8. The van der Waals surface area contributed by atoms with Gasteiger partial charge in [0.25, 0.3) is 0 Å². The smallest absolute Gasteiger partial charge is 0.291 e. The van der Waals surface area contributed by atoms with E-state index in [-0.39, 0.29) is 34.1 Å². The van der Waals surface area contributed by atoms with Gasteiger partial charge in [0.05, 0.1) is 52.4 Å². The molecule has 0 aliphatic rings. The molecule has 8 aromatic rings. The summed E-state index contributed by atoms with van der Waals surface area (Å²) in [6.07, 6.45) is 15.1. The second-order valence-corrected chi connectivity index (χ2v) is 17.8. The van der Waals surface area contributed by atoms with Crippen molar-refractivity contribution in [3.8, 4) is 0 Å². The predicted octanol–water partition coefficient (Wildman–Crippen LogP) is 3.38. The molecule has 444 valence electrons. The molecule has 20 heteroatoms. The summed E-state index contributed by atoms with van der Waals surface area (Å²) in [5.74, 6) is 0. The molecule has 0 spiro atoms. The summed E-state index contributed by atoms with van der Waals surface area (Å²) in [7, 11) is -9.89. The number of aliphatic imine (C=N–C) groups is 8. The number of benzene rings is 8. The Labute approximate surface area is 517 Å². The van der Waals surface area contributed by atoms with Gasteiger partial charge in [-0.15, -0.1) is 20.5 Å². The number of hydrogen-bond acceptors (Lipinski definition) is 16. The van der Waals surface area contributed by atoms with Crippen molar-refractivity contribution in [1.29, 1.82) is 0 Å². The molecule has 0 N–H and O–H groups in total. The van der Waals surface area contributed by atoms with Crippen LogP contribution in [0, 0.1) is 20.5 Å². The molecule has 0 fully saturated rings. The third-order valence-corrected chi connectivity index (χ3v) is 9.75. The Morgan fingerprint density at radius 2 is 0.274 bits per heavy atom. The van der Waals surface area contributed by atoms with Gasteiger partial charge >= 0.3 is 34.1 Å². The van der Waals surface area contributed by atoms with Gasteiger partial charge in [-0.2, -0.15) is 0 Å². The third-order valence-electron chi connectivity index (χ3n) is 9.75. The standard InChI is InChI=1S/4C16H16N2.2ClHO4.2Cu/c4*1-3-7-15(8-4-1)13-17-11-12-18-14-16-9-5-2-6-10-16;2*2-1(3,4)5;;/h4*1-10,13-14H,11-12H2;2*(H,2,3,4,5);;/q;;;;;;2*+1/p-2. The van der Waals surface area contributed by atoms with Crippen molar-refractivity contribution < 1.29 is 91.9 Å². The van der Waals surface area contributed by atoms with E-state index in [0.29, 0.717) is 0 Å². The fourth-order valence-corrected chi connectivity index (χ4v) is 6.13. The zero-order valence-electron chi connectivity index (χ0n) is 45.6. The van der Waals surface area contributed by atoms with Gasteiger partial charge in [0.15, 0.2) is 0 Å². The van der Waals surface area contributed by atoms with Crippen LogP contribution in [0.25, 0.3) is 0 Å². The summed E-state index contributed by atoms with van der Waals surface area (Å²) in [6.45, 7) is 5.76. The summed E-state index contributed by atoms with van der Waals surface area (Å²) in [4.78, 5) is 34.7. The summed E-state index contributed by atoms with van der Waals surface area (Å²) >= 11 is 0. The summed E-state index contributed by atoms with van der Waals surface area (Å²) in [5.41, 5.74) is 9.03. The van der Waals surface area contributed by atoms with Crippen molar-refractivity contribution in [2.75, 3.05) is 52.4 Å². The molecule has 0 unspecified atom stereocenters. The van der Waals surface area contributed by atoms with E-state index in [1.165, 1.54) is 0 Å². The molecule has 8 rings (SSSR count). The third kappa shape index (κ3) is 47.0. The largest absolute Gasteiger partial charge is 1.00 e. The monoisotopic (exact) mass is 1270 g/mol. The minimum absolute atomic E-state index is 0. The number of halogens is 2. The van der Waals surface area contributed by atoms with Crippen LogP contribution in [0.3, 0.4) is 0 Å². The Bertz CT molecular complexity index is 2440. The molecule has 8 aromatic carbocycles. The number of hydrogen-bond donors (Lipinski definition) is 0. The van der Waals surface area contributed by atoms with Crippen molar-refractivity contribution >= 4 is 49.7 Å². The van der Waals surface area contributed by atoms with Gasteiger partial charge in [0.1, 0.15) is 0 Å². The Hall–Kier alpha value is -7.58. The maximum atomic E-state index is 8.49. The van der Waals surface area contributed by atoms with Gasteiger partial charge in [0, 0.05) is 49.7 Å². The summed E-state index contributed by atoms with van der Waals surface area (Å²) in [5, 5.41) is 0. The summed E-state index contributed by atoms with van der Waals surface area (Å²) < 4.78 is 67.9. The molecule has 0 aliphatic carbocycles. The van der Waals surface area contributed by atoms with E-state index in [2.05, 4.69) is 39.9 Å². The Kier molecular flexibility index (Phi) is 43.3. The van der Waals surface area contributed by atoms with E-state index in [1.807, 2.05) is 292 Å². The molecule has 0 saturated carbocycles. The second-order valence-electron chi connectivity index (χ2n) is 16.3.